The maximum Gasteiger partial charge on any atom is 0.305 e. The Hall–Kier alpha value is -1.40. The van der Waals surface area contributed by atoms with Crippen molar-refractivity contribution >= 4 is 11.9 Å². The van der Waals surface area contributed by atoms with Crippen LogP contribution in [-0.2, 0) is 14.3 Å². The number of unbranched alkanes of at least 4 members (excludes halogenated alkanes) is 63. The Kier molecular flexibility index (Phi) is 72.8. The molecule has 0 bridgehead atoms. The lowest BCUT2D eigenvalue weighted by Crippen LogP contribution is -2.45. The monoisotopic (exact) mass is 1180 g/mol. The molecule has 500 valence electrons. The van der Waals surface area contributed by atoms with Gasteiger partial charge in [-0.15, -0.1) is 0 Å². The quantitative estimate of drug-likeness (QED) is 0.0320. The highest BCUT2D eigenvalue weighted by Gasteiger charge is 2.18. The van der Waals surface area contributed by atoms with Crippen molar-refractivity contribution in [2.24, 2.45) is 0 Å². The summed E-state index contributed by atoms with van der Waals surface area (Å²) >= 11 is 0. The van der Waals surface area contributed by atoms with Crippen LogP contribution in [-0.4, -0.2) is 47.4 Å². The molecule has 0 aromatic carbocycles. The molecule has 0 radical (unpaired) electrons. The average Bonchev–Trinajstić information content (AvgIpc) is 3.51. The third-order valence-corrected chi connectivity index (χ3v) is 18.6. The van der Waals surface area contributed by atoms with E-state index in [-0.39, 0.29) is 18.5 Å². The number of nitrogens with one attached hydrogen (secondary N) is 1. The number of carbonyl (C=O) groups excluding carboxylic acids is 2. The van der Waals surface area contributed by atoms with Gasteiger partial charge in [0, 0.05) is 12.8 Å². The maximum absolute atomic E-state index is 12.6. The van der Waals surface area contributed by atoms with E-state index in [1.165, 1.54) is 385 Å². The SMILES string of the molecule is CCCCCCCCCCCCCCCCCCCCCCCC/C=C/C(O)C(CO)NC(=O)CCCCCCCCCCCCCCCCCCCCCCCCCCCCCOC(=O)CCCCCCCCCCCCCCCCCC. The second-order valence-corrected chi connectivity index (χ2v) is 27.1. The number of ether oxygens (including phenoxy) is 1. The van der Waals surface area contributed by atoms with Crippen LogP contribution >= 0.6 is 0 Å². The minimum absolute atomic E-state index is 0.0225. The lowest BCUT2D eigenvalue weighted by Gasteiger charge is -2.20. The fourth-order valence-corrected chi connectivity index (χ4v) is 12.6. The Morgan fingerprint density at radius 1 is 0.321 bits per heavy atom. The van der Waals surface area contributed by atoms with Crippen molar-refractivity contribution in [3.63, 3.8) is 0 Å². The summed E-state index contributed by atoms with van der Waals surface area (Å²) in [6.45, 7) is 4.97. The Labute approximate surface area is 527 Å². The van der Waals surface area contributed by atoms with Crippen molar-refractivity contribution in [1.82, 2.24) is 5.32 Å². The molecule has 0 spiro atoms. The van der Waals surface area contributed by atoms with E-state index in [1.54, 1.807) is 6.08 Å². The van der Waals surface area contributed by atoms with Gasteiger partial charge in [0.1, 0.15) is 0 Å². The number of esters is 1. The first-order valence-corrected chi connectivity index (χ1v) is 39.0. The van der Waals surface area contributed by atoms with Gasteiger partial charge in [-0.05, 0) is 32.1 Å². The summed E-state index contributed by atoms with van der Waals surface area (Å²) in [6, 6.07) is -0.627. The lowest BCUT2D eigenvalue weighted by molar-refractivity contribution is -0.143. The molecule has 2 atom stereocenters. The molecule has 0 aromatic heterocycles. The Morgan fingerprint density at radius 3 is 0.810 bits per heavy atom. The molecule has 0 aliphatic carbocycles. The predicted molar refractivity (Wildman–Crippen MR) is 370 cm³/mol. The van der Waals surface area contributed by atoms with Crippen LogP contribution in [0.1, 0.15) is 450 Å². The van der Waals surface area contributed by atoms with Gasteiger partial charge in [-0.1, -0.05) is 418 Å². The maximum atomic E-state index is 12.6. The standard InChI is InChI=1S/C78H153NO5/c1-3-5-7-9-11-13-15-17-19-21-22-23-24-30-33-36-39-42-46-50-54-58-62-66-70-76(81)75(74-80)79-77(82)71-67-63-59-55-51-47-43-40-37-34-31-28-26-25-27-29-32-35-38-41-45-49-53-57-61-65-69-73-84-78(83)72-68-64-60-56-52-48-44-20-18-16-14-12-10-8-6-4-2/h66,70,75-76,80-81H,3-65,67-69,71-74H2,1-2H3,(H,79,82)/b70-66+. The molecule has 0 heterocycles. The molecule has 0 rings (SSSR count). The first-order valence-electron chi connectivity index (χ1n) is 39.0. The van der Waals surface area contributed by atoms with Crippen LogP contribution in [0.5, 0.6) is 0 Å². The minimum atomic E-state index is -0.844. The van der Waals surface area contributed by atoms with Crippen molar-refractivity contribution in [3.8, 4) is 0 Å². The molecule has 84 heavy (non-hydrogen) atoms. The van der Waals surface area contributed by atoms with Gasteiger partial charge >= 0.3 is 5.97 Å². The molecular weight excluding hydrogens is 1030 g/mol. The zero-order valence-electron chi connectivity index (χ0n) is 57.4. The predicted octanol–water partition coefficient (Wildman–Crippen LogP) is 25.5. The van der Waals surface area contributed by atoms with E-state index in [1.807, 2.05) is 6.08 Å². The van der Waals surface area contributed by atoms with E-state index in [9.17, 15) is 19.8 Å². The van der Waals surface area contributed by atoms with Crippen LogP contribution in [0.3, 0.4) is 0 Å². The number of hydrogen-bond donors (Lipinski definition) is 3. The summed E-state index contributed by atoms with van der Waals surface area (Å²) in [5.74, 6) is -0.0370. The number of amides is 1. The summed E-state index contributed by atoms with van der Waals surface area (Å²) in [7, 11) is 0. The fraction of sp³-hybridized carbons (Fsp3) is 0.949. The normalized spacial score (nSPS) is 12.5. The van der Waals surface area contributed by atoms with Gasteiger partial charge in [-0.25, -0.2) is 0 Å². The Bertz CT molecular complexity index is 1270. The van der Waals surface area contributed by atoms with Gasteiger partial charge in [-0.2, -0.15) is 0 Å². The van der Waals surface area contributed by atoms with E-state index in [4.69, 9.17) is 4.74 Å². The summed E-state index contributed by atoms with van der Waals surface area (Å²) in [4.78, 5) is 24.7. The number of aliphatic hydroxyl groups is 2. The average molecular weight is 1190 g/mol. The van der Waals surface area contributed by atoms with Crippen molar-refractivity contribution < 1.29 is 24.5 Å². The molecule has 0 aromatic rings. The highest BCUT2D eigenvalue weighted by molar-refractivity contribution is 5.76. The molecule has 0 aliphatic rings. The highest BCUT2D eigenvalue weighted by atomic mass is 16.5. The zero-order chi connectivity index (χ0) is 60.6. The van der Waals surface area contributed by atoms with Crippen LogP contribution in [0.2, 0.25) is 0 Å². The Morgan fingerprint density at radius 2 is 0.548 bits per heavy atom. The van der Waals surface area contributed by atoms with Crippen LogP contribution in [0.25, 0.3) is 0 Å². The van der Waals surface area contributed by atoms with Crippen molar-refractivity contribution in [2.45, 2.75) is 463 Å². The first-order chi connectivity index (χ1) is 41.5. The van der Waals surface area contributed by atoms with E-state index < -0.39 is 12.1 Å². The zero-order valence-corrected chi connectivity index (χ0v) is 57.4. The number of aliphatic hydroxyl groups excluding tert-OH is 2. The molecule has 2 unspecified atom stereocenters. The first kappa shape index (κ1) is 82.6. The highest BCUT2D eigenvalue weighted by Crippen LogP contribution is 2.20. The largest absolute Gasteiger partial charge is 0.466 e. The number of rotatable bonds is 74. The minimum Gasteiger partial charge on any atom is -0.466 e. The van der Waals surface area contributed by atoms with Crippen LogP contribution in [0, 0.1) is 0 Å². The lowest BCUT2D eigenvalue weighted by atomic mass is 10.0. The third kappa shape index (κ3) is 69.7. The molecule has 0 fully saturated rings. The topological polar surface area (TPSA) is 95.9 Å². The summed E-state index contributed by atoms with van der Waals surface area (Å²) in [5, 5.41) is 23.3. The smallest absolute Gasteiger partial charge is 0.305 e. The number of carbonyl (C=O) groups is 2. The molecule has 0 aliphatic heterocycles. The molecule has 6 nitrogen and oxygen atoms in total. The van der Waals surface area contributed by atoms with Gasteiger partial charge in [0.15, 0.2) is 0 Å². The van der Waals surface area contributed by atoms with Crippen LogP contribution in [0.15, 0.2) is 12.2 Å². The van der Waals surface area contributed by atoms with Gasteiger partial charge in [-0.3, -0.25) is 9.59 Å². The fourth-order valence-electron chi connectivity index (χ4n) is 12.6. The van der Waals surface area contributed by atoms with Crippen LogP contribution < -0.4 is 5.32 Å². The summed E-state index contributed by atoms with van der Waals surface area (Å²) in [6.07, 6.45) is 93.2. The van der Waals surface area contributed by atoms with E-state index in [2.05, 4.69) is 19.2 Å². The second kappa shape index (κ2) is 74.1. The molecule has 3 N–H and O–H groups in total. The van der Waals surface area contributed by atoms with Gasteiger partial charge in [0.2, 0.25) is 5.91 Å². The Balaban J connectivity index is 3.36. The molecule has 6 heteroatoms. The van der Waals surface area contributed by atoms with Gasteiger partial charge in [0.05, 0.1) is 25.4 Å². The van der Waals surface area contributed by atoms with Crippen molar-refractivity contribution in [1.29, 1.82) is 0 Å². The molecule has 0 saturated carbocycles. The number of hydrogen-bond acceptors (Lipinski definition) is 5. The van der Waals surface area contributed by atoms with Crippen molar-refractivity contribution in [3.05, 3.63) is 12.2 Å². The van der Waals surface area contributed by atoms with Crippen LogP contribution in [0.4, 0.5) is 0 Å². The second-order valence-electron chi connectivity index (χ2n) is 27.1. The third-order valence-electron chi connectivity index (χ3n) is 18.6. The van der Waals surface area contributed by atoms with Gasteiger partial charge in [0.25, 0.3) is 0 Å². The molecular formula is C78H153NO5. The van der Waals surface area contributed by atoms with E-state index in [0.717, 1.165) is 38.5 Å². The summed E-state index contributed by atoms with van der Waals surface area (Å²) < 4.78 is 5.51. The van der Waals surface area contributed by atoms with E-state index in [0.29, 0.717) is 19.4 Å². The number of allylic oxidation sites excluding steroid dienone is 1. The molecule has 0 saturated heterocycles. The molecule has 1 amide bonds. The summed E-state index contributed by atoms with van der Waals surface area (Å²) in [5.41, 5.74) is 0. The van der Waals surface area contributed by atoms with E-state index >= 15 is 0 Å². The van der Waals surface area contributed by atoms with Crippen molar-refractivity contribution in [2.75, 3.05) is 13.2 Å². The van der Waals surface area contributed by atoms with Gasteiger partial charge < -0.3 is 20.3 Å².